The van der Waals surface area contributed by atoms with Crippen LogP contribution in [-0.2, 0) is 11.2 Å². The fraction of sp³-hybridized carbons (Fsp3) is 0.467. The van der Waals surface area contributed by atoms with Gasteiger partial charge in [0.05, 0.1) is 12.5 Å². The molecule has 0 bridgehead atoms. The fourth-order valence-electron chi connectivity index (χ4n) is 2.53. The van der Waals surface area contributed by atoms with Crippen LogP contribution in [0.3, 0.4) is 0 Å². The summed E-state index contributed by atoms with van der Waals surface area (Å²) in [7, 11) is 1.62. The van der Waals surface area contributed by atoms with Crippen LogP contribution in [0.1, 0.15) is 36.4 Å². The number of carboxylic acids is 1. The molecular formula is C15H20N2O3. The first-order valence-electron chi connectivity index (χ1n) is 6.89. The molecule has 5 nitrogen and oxygen atoms in total. The van der Waals surface area contributed by atoms with E-state index < -0.39 is 5.97 Å². The minimum atomic E-state index is -0.896. The molecule has 5 heteroatoms. The lowest BCUT2D eigenvalue weighted by Crippen LogP contribution is -2.41. The summed E-state index contributed by atoms with van der Waals surface area (Å²) in [6.07, 6.45) is 3.00. The lowest BCUT2D eigenvalue weighted by molar-refractivity contribution is -0.137. The summed E-state index contributed by atoms with van der Waals surface area (Å²) >= 11 is 0. The van der Waals surface area contributed by atoms with Crippen molar-refractivity contribution in [1.82, 2.24) is 10.2 Å². The quantitative estimate of drug-likeness (QED) is 0.885. The van der Waals surface area contributed by atoms with E-state index in [1.807, 2.05) is 12.1 Å². The first-order chi connectivity index (χ1) is 9.58. The SMILES string of the molecule is CN(CCC(=O)O)C(=O)NC1CCCc2ccccc21. The van der Waals surface area contributed by atoms with Gasteiger partial charge in [-0.2, -0.15) is 0 Å². The summed E-state index contributed by atoms with van der Waals surface area (Å²) in [4.78, 5) is 24.0. The van der Waals surface area contributed by atoms with Crippen LogP contribution in [0, 0.1) is 0 Å². The number of carbonyl (C=O) groups excluding carboxylic acids is 1. The molecule has 108 valence electrons. The van der Waals surface area contributed by atoms with Crippen molar-refractivity contribution in [3.05, 3.63) is 35.4 Å². The average Bonchev–Trinajstić information content (AvgIpc) is 2.45. The number of benzene rings is 1. The molecule has 0 heterocycles. The van der Waals surface area contributed by atoms with Crippen LogP contribution in [0.2, 0.25) is 0 Å². The van der Waals surface area contributed by atoms with E-state index in [0.29, 0.717) is 0 Å². The Kier molecular flexibility index (Phi) is 4.61. The maximum Gasteiger partial charge on any atom is 0.317 e. The van der Waals surface area contributed by atoms with Gasteiger partial charge in [0.15, 0.2) is 0 Å². The van der Waals surface area contributed by atoms with Crippen molar-refractivity contribution in [2.45, 2.75) is 31.7 Å². The minimum Gasteiger partial charge on any atom is -0.481 e. The zero-order valence-corrected chi connectivity index (χ0v) is 11.6. The zero-order valence-electron chi connectivity index (χ0n) is 11.6. The van der Waals surface area contributed by atoms with Crippen LogP contribution in [0.25, 0.3) is 0 Å². The number of amides is 2. The number of fused-ring (bicyclic) bond motifs is 1. The van der Waals surface area contributed by atoms with E-state index in [0.717, 1.165) is 19.3 Å². The molecule has 2 N–H and O–H groups in total. The largest absolute Gasteiger partial charge is 0.481 e. The molecule has 2 rings (SSSR count). The number of carboxylic acid groups (broad SMARTS) is 1. The topological polar surface area (TPSA) is 69.6 Å². The van der Waals surface area contributed by atoms with Crippen LogP contribution >= 0.6 is 0 Å². The Bertz CT molecular complexity index is 502. The molecule has 1 unspecified atom stereocenters. The van der Waals surface area contributed by atoms with Crippen LogP contribution in [0.5, 0.6) is 0 Å². The summed E-state index contributed by atoms with van der Waals surface area (Å²) in [6.45, 7) is 0.218. The molecule has 1 atom stereocenters. The Hall–Kier alpha value is -2.04. The highest BCUT2D eigenvalue weighted by Gasteiger charge is 2.22. The predicted molar refractivity (Wildman–Crippen MR) is 75.5 cm³/mol. The number of aryl methyl sites for hydroxylation is 1. The predicted octanol–water partition coefficient (Wildman–Crippen LogP) is 2.18. The maximum absolute atomic E-state index is 12.1. The smallest absolute Gasteiger partial charge is 0.317 e. The van der Waals surface area contributed by atoms with Gasteiger partial charge < -0.3 is 15.3 Å². The van der Waals surface area contributed by atoms with Crippen molar-refractivity contribution in [2.75, 3.05) is 13.6 Å². The molecule has 0 saturated heterocycles. The third-order valence-corrected chi connectivity index (χ3v) is 3.67. The van der Waals surface area contributed by atoms with Crippen molar-refractivity contribution in [3.63, 3.8) is 0 Å². The van der Waals surface area contributed by atoms with Gasteiger partial charge in [-0.15, -0.1) is 0 Å². The first-order valence-corrected chi connectivity index (χ1v) is 6.89. The Morgan fingerprint density at radius 1 is 1.40 bits per heavy atom. The number of carbonyl (C=O) groups is 2. The van der Waals surface area contributed by atoms with Gasteiger partial charge in [-0.05, 0) is 30.4 Å². The molecule has 0 aliphatic heterocycles. The van der Waals surface area contributed by atoms with Crippen molar-refractivity contribution >= 4 is 12.0 Å². The Morgan fingerprint density at radius 2 is 2.15 bits per heavy atom. The molecule has 2 amide bonds. The second kappa shape index (κ2) is 6.41. The normalized spacial score (nSPS) is 17.1. The number of hydrogen-bond donors (Lipinski definition) is 2. The van der Waals surface area contributed by atoms with Crippen molar-refractivity contribution in [2.24, 2.45) is 0 Å². The lowest BCUT2D eigenvalue weighted by atomic mass is 9.88. The van der Waals surface area contributed by atoms with E-state index in [4.69, 9.17) is 5.11 Å². The molecule has 1 aliphatic rings. The van der Waals surface area contributed by atoms with Crippen molar-refractivity contribution < 1.29 is 14.7 Å². The molecular weight excluding hydrogens is 256 g/mol. The zero-order chi connectivity index (χ0) is 14.5. The Balaban J connectivity index is 1.97. The number of rotatable bonds is 4. The maximum atomic E-state index is 12.1. The average molecular weight is 276 g/mol. The molecule has 1 aromatic carbocycles. The van der Waals surface area contributed by atoms with Crippen molar-refractivity contribution in [3.8, 4) is 0 Å². The summed E-state index contributed by atoms with van der Waals surface area (Å²) in [5, 5.41) is 11.6. The Morgan fingerprint density at radius 3 is 2.90 bits per heavy atom. The molecule has 0 radical (unpaired) electrons. The summed E-state index contributed by atoms with van der Waals surface area (Å²) in [5.74, 6) is -0.896. The van der Waals surface area contributed by atoms with E-state index >= 15 is 0 Å². The minimum absolute atomic E-state index is 0.0275. The molecule has 0 aromatic heterocycles. The molecule has 1 aliphatic carbocycles. The van der Waals surface area contributed by atoms with E-state index in [9.17, 15) is 9.59 Å². The fourth-order valence-corrected chi connectivity index (χ4v) is 2.53. The van der Waals surface area contributed by atoms with E-state index in [2.05, 4.69) is 17.4 Å². The first kappa shape index (κ1) is 14.4. The number of nitrogens with one attached hydrogen (secondary N) is 1. The third kappa shape index (κ3) is 3.50. The molecule has 0 fully saturated rings. The highest BCUT2D eigenvalue weighted by atomic mass is 16.4. The summed E-state index contributed by atoms with van der Waals surface area (Å²) in [6, 6.07) is 7.96. The Labute approximate surface area is 118 Å². The van der Waals surface area contributed by atoms with E-state index in [1.165, 1.54) is 16.0 Å². The second-order valence-corrected chi connectivity index (χ2v) is 5.16. The van der Waals surface area contributed by atoms with Crippen LogP contribution < -0.4 is 5.32 Å². The van der Waals surface area contributed by atoms with Crippen molar-refractivity contribution in [1.29, 1.82) is 0 Å². The highest BCUT2D eigenvalue weighted by Crippen LogP contribution is 2.29. The second-order valence-electron chi connectivity index (χ2n) is 5.16. The van der Waals surface area contributed by atoms with Crippen LogP contribution in [0.15, 0.2) is 24.3 Å². The highest BCUT2D eigenvalue weighted by molar-refractivity contribution is 5.75. The van der Waals surface area contributed by atoms with Gasteiger partial charge in [0, 0.05) is 13.6 Å². The van der Waals surface area contributed by atoms with Gasteiger partial charge in [0.1, 0.15) is 0 Å². The molecule has 1 aromatic rings. The lowest BCUT2D eigenvalue weighted by Gasteiger charge is -2.28. The van der Waals surface area contributed by atoms with E-state index in [1.54, 1.807) is 7.05 Å². The van der Waals surface area contributed by atoms with Gasteiger partial charge in [0.2, 0.25) is 0 Å². The molecule has 0 saturated carbocycles. The van der Waals surface area contributed by atoms with Gasteiger partial charge in [-0.25, -0.2) is 4.79 Å². The van der Waals surface area contributed by atoms with Gasteiger partial charge in [0.25, 0.3) is 0 Å². The monoisotopic (exact) mass is 276 g/mol. The molecule has 0 spiro atoms. The van der Waals surface area contributed by atoms with Crippen LogP contribution in [-0.4, -0.2) is 35.6 Å². The van der Waals surface area contributed by atoms with Gasteiger partial charge >= 0.3 is 12.0 Å². The summed E-state index contributed by atoms with van der Waals surface area (Å²) < 4.78 is 0. The number of nitrogens with zero attached hydrogens (tertiary/aromatic N) is 1. The number of urea groups is 1. The number of aliphatic carboxylic acids is 1. The van der Waals surface area contributed by atoms with Gasteiger partial charge in [-0.3, -0.25) is 4.79 Å². The van der Waals surface area contributed by atoms with E-state index in [-0.39, 0.29) is 25.0 Å². The molecule has 20 heavy (non-hydrogen) atoms. The number of hydrogen-bond acceptors (Lipinski definition) is 2. The standard InChI is InChI=1S/C15H20N2O3/c1-17(10-9-14(18)19)15(20)16-13-8-4-6-11-5-2-3-7-12(11)13/h2-3,5,7,13H,4,6,8-10H2,1H3,(H,16,20)(H,18,19). The van der Waals surface area contributed by atoms with Gasteiger partial charge in [-0.1, -0.05) is 24.3 Å². The van der Waals surface area contributed by atoms with Crippen LogP contribution in [0.4, 0.5) is 4.79 Å². The summed E-state index contributed by atoms with van der Waals surface area (Å²) in [5.41, 5.74) is 2.47. The third-order valence-electron chi connectivity index (χ3n) is 3.67.